The quantitative estimate of drug-likeness (QED) is 0.739. The normalized spacial score (nSPS) is 13.5. The first-order valence-electron chi connectivity index (χ1n) is 8.64. The zero-order chi connectivity index (χ0) is 17.7. The molecule has 0 aliphatic heterocycles. The Morgan fingerprint density at radius 3 is 2.04 bits per heavy atom. The van der Waals surface area contributed by atoms with E-state index < -0.39 is 6.10 Å². The second-order valence-corrected chi connectivity index (χ2v) is 8.69. The number of hydrogen-bond donors (Lipinski definition) is 2. The van der Waals surface area contributed by atoms with Crippen molar-refractivity contribution in [3.63, 3.8) is 0 Å². The van der Waals surface area contributed by atoms with Crippen molar-refractivity contribution in [3.8, 4) is 5.75 Å². The summed E-state index contributed by atoms with van der Waals surface area (Å²) in [6.45, 7) is 16.2. The fourth-order valence-electron chi connectivity index (χ4n) is 2.98. The third-order valence-electron chi connectivity index (χ3n) is 3.78. The number of benzene rings is 1. The molecule has 0 aromatic heterocycles. The lowest BCUT2D eigenvalue weighted by atomic mass is 9.82. The van der Waals surface area contributed by atoms with Gasteiger partial charge < -0.3 is 27.6 Å². The SMILES string of the molecule is CC(C)c1ccc(OCC(O)CNC(C)(C)CC(C)(C)C)cc1.[Cl-]. The number of hydrogen-bond acceptors (Lipinski definition) is 3. The standard InChI is InChI=1S/C20H35NO2.ClH/c1-15(2)16-8-10-18(11-9-16)23-13-17(22)12-21-20(6,7)14-19(3,4)5;/h8-11,15,17,21-22H,12-14H2,1-7H3;1H/p-1. The summed E-state index contributed by atoms with van der Waals surface area (Å²) < 4.78 is 5.68. The lowest BCUT2D eigenvalue weighted by Crippen LogP contribution is -3.00. The van der Waals surface area contributed by atoms with E-state index in [9.17, 15) is 5.11 Å². The Labute approximate surface area is 154 Å². The van der Waals surface area contributed by atoms with Crippen molar-refractivity contribution in [3.05, 3.63) is 29.8 Å². The second kappa shape index (κ2) is 9.65. The molecule has 0 aliphatic carbocycles. The molecule has 0 amide bonds. The Kier molecular flexibility index (Phi) is 9.34. The van der Waals surface area contributed by atoms with Gasteiger partial charge in [0, 0.05) is 12.1 Å². The molecule has 0 saturated heterocycles. The molecule has 24 heavy (non-hydrogen) atoms. The maximum absolute atomic E-state index is 10.1. The zero-order valence-corrected chi connectivity index (χ0v) is 17.1. The van der Waals surface area contributed by atoms with Crippen LogP contribution < -0.4 is 22.5 Å². The summed E-state index contributed by atoms with van der Waals surface area (Å²) in [5, 5.41) is 13.6. The van der Waals surface area contributed by atoms with E-state index in [0.29, 0.717) is 19.1 Å². The predicted molar refractivity (Wildman–Crippen MR) is 98.2 cm³/mol. The van der Waals surface area contributed by atoms with Crippen LogP contribution in [0.3, 0.4) is 0 Å². The van der Waals surface area contributed by atoms with E-state index in [1.807, 2.05) is 12.1 Å². The molecule has 4 heteroatoms. The summed E-state index contributed by atoms with van der Waals surface area (Å²) in [6, 6.07) is 8.10. The number of aliphatic hydroxyl groups excluding tert-OH is 1. The van der Waals surface area contributed by atoms with Gasteiger partial charge in [-0.25, -0.2) is 0 Å². The maximum Gasteiger partial charge on any atom is 0.119 e. The molecular weight excluding hydrogens is 322 g/mol. The highest BCUT2D eigenvalue weighted by molar-refractivity contribution is 5.28. The first-order chi connectivity index (χ1) is 10.5. The molecule has 0 heterocycles. The third kappa shape index (κ3) is 9.51. The molecule has 1 rings (SSSR count). The number of halogens is 1. The lowest BCUT2D eigenvalue weighted by molar-refractivity contribution is -0.00000838. The molecule has 1 atom stereocenters. The van der Waals surface area contributed by atoms with Crippen molar-refractivity contribution in [2.45, 2.75) is 72.4 Å². The molecule has 2 N–H and O–H groups in total. The molecule has 1 aromatic rings. The highest BCUT2D eigenvalue weighted by Crippen LogP contribution is 2.26. The Morgan fingerprint density at radius 2 is 1.58 bits per heavy atom. The fraction of sp³-hybridized carbons (Fsp3) is 0.700. The number of ether oxygens (including phenoxy) is 1. The molecule has 140 valence electrons. The van der Waals surface area contributed by atoms with Crippen LogP contribution in [-0.4, -0.2) is 29.9 Å². The molecule has 0 radical (unpaired) electrons. The highest BCUT2D eigenvalue weighted by atomic mass is 35.5. The van der Waals surface area contributed by atoms with Gasteiger partial charge in [-0.05, 0) is 49.3 Å². The van der Waals surface area contributed by atoms with Gasteiger partial charge in [-0.15, -0.1) is 0 Å². The summed E-state index contributed by atoms with van der Waals surface area (Å²) >= 11 is 0. The van der Waals surface area contributed by atoms with Crippen LogP contribution in [0, 0.1) is 5.41 Å². The summed E-state index contributed by atoms with van der Waals surface area (Å²) in [5.74, 6) is 1.33. The van der Waals surface area contributed by atoms with Gasteiger partial charge in [-0.2, -0.15) is 0 Å². The van der Waals surface area contributed by atoms with Crippen LogP contribution in [0.1, 0.15) is 66.4 Å². The van der Waals surface area contributed by atoms with Crippen LogP contribution in [0.2, 0.25) is 0 Å². The van der Waals surface area contributed by atoms with E-state index >= 15 is 0 Å². The Bertz CT molecular complexity index is 464. The zero-order valence-electron chi connectivity index (χ0n) is 16.3. The van der Waals surface area contributed by atoms with Gasteiger partial charge in [0.25, 0.3) is 0 Å². The minimum atomic E-state index is -0.515. The minimum absolute atomic E-state index is 0. The van der Waals surface area contributed by atoms with Gasteiger partial charge in [0.1, 0.15) is 18.5 Å². The van der Waals surface area contributed by atoms with Gasteiger partial charge in [0.2, 0.25) is 0 Å². The summed E-state index contributed by atoms with van der Waals surface area (Å²) in [4.78, 5) is 0. The van der Waals surface area contributed by atoms with Crippen molar-refractivity contribution >= 4 is 0 Å². The third-order valence-corrected chi connectivity index (χ3v) is 3.78. The fourth-order valence-corrected chi connectivity index (χ4v) is 2.98. The van der Waals surface area contributed by atoms with Crippen LogP contribution in [0.5, 0.6) is 5.75 Å². The number of rotatable bonds is 8. The monoisotopic (exact) mass is 356 g/mol. The Morgan fingerprint density at radius 1 is 1.04 bits per heavy atom. The van der Waals surface area contributed by atoms with E-state index in [-0.39, 0.29) is 23.4 Å². The summed E-state index contributed by atoms with van der Waals surface area (Å²) in [7, 11) is 0. The molecule has 3 nitrogen and oxygen atoms in total. The van der Waals surface area contributed by atoms with Gasteiger partial charge in [0.05, 0.1) is 0 Å². The maximum atomic E-state index is 10.1. The van der Waals surface area contributed by atoms with E-state index in [0.717, 1.165) is 12.2 Å². The molecular formula is C20H35ClNO2-. The Balaban J connectivity index is 0.00000529. The molecule has 1 aromatic carbocycles. The predicted octanol–water partition coefficient (Wildman–Crippen LogP) is 1.36. The van der Waals surface area contributed by atoms with Gasteiger partial charge in [0.15, 0.2) is 0 Å². The number of β-amino-alcohol motifs (C(OH)–C–C–N with tert-alkyl or cyclic N) is 1. The first kappa shape index (κ1) is 23.2. The summed E-state index contributed by atoms with van der Waals surface area (Å²) in [5.41, 5.74) is 1.55. The van der Waals surface area contributed by atoms with Crippen LogP contribution >= 0.6 is 0 Å². The van der Waals surface area contributed by atoms with E-state index in [1.54, 1.807) is 0 Å². The van der Waals surface area contributed by atoms with Crippen molar-refractivity contribution in [1.82, 2.24) is 5.32 Å². The van der Waals surface area contributed by atoms with Crippen LogP contribution in [0.4, 0.5) is 0 Å². The van der Waals surface area contributed by atoms with Gasteiger partial charge in [-0.3, -0.25) is 0 Å². The topological polar surface area (TPSA) is 41.5 Å². The molecule has 0 aliphatic rings. The molecule has 0 spiro atoms. The van der Waals surface area contributed by atoms with Crippen LogP contribution in [-0.2, 0) is 0 Å². The van der Waals surface area contributed by atoms with Gasteiger partial charge in [-0.1, -0.05) is 46.8 Å². The lowest BCUT2D eigenvalue weighted by Gasteiger charge is -2.34. The van der Waals surface area contributed by atoms with E-state index in [4.69, 9.17) is 4.74 Å². The van der Waals surface area contributed by atoms with E-state index in [1.165, 1.54) is 5.56 Å². The molecule has 1 unspecified atom stereocenters. The smallest absolute Gasteiger partial charge is 0.119 e. The van der Waals surface area contributed by atoms with Crippen molar-refractivity contribution in [2.75, 3.05) is 13.2 Å². The number of nitrogens with one attached hydrogen (secondary N) is 1. The second-order valence-electron chi connectivity index (χ2n) is 8.69. The van der Waals surface area contributed by atoms with Crippen molar-refractivity contribution in [1.29, 1.82) is 0 Å². The van der Waals surface area contributed by atoms with Crippen LogP contribution in [0.25, 0.3) is 0 Å². The minimum Gasteiger partial charge on any atom is -1.00 e. The Hall–Kier alpha value is -0.770. The van der Waals surface area contributed by atoms with Gasteiger partial charge >= 0.3 is 0 Å². The summed E-state index contributed by atoms with van der Waals surface area (Å²) in [6.07, 6.45) is 0.531. The molecule has 0 fully saturated rings. The van der Waals surface area contributed by atoms with Crippen molar-refractivity contribution < 1.29 is 22.3 Å². The highest BCUT2D eigenvalue weighted by Gasteiger charge is 2.25. The van der Waals surface area contributed by atoms with Crippen LogP contribution in [0.15, 0.2) is 24.3 Å². The molecule has 0 saturated carbocycles. The average Bonchev–Trinajstić information content (AvgIpc) is 2.41. The molecule has 0 bridgehead atoms. The van der Waals surface area contributed by atoms with E-state index in [2.05, 4.69) is 65.9 Å². The largest absolute Gasteiger partial charge is 1.00 e. The first-order valence-corrected chi connectivity index (χ1v) is 8.64. The average molecular weight is 357 g/mol. The van der Waals surface area contributed by atoms with Crippen molar-refractivity contribution in [2.24, 2.45) is 5.41 Å². The number of aliphatic hydroxyl groups is 1.